The minimum absolute atomic E-state index is 0.204. The number of amides is 1. The average Bonchev–Trinajstić information content (AvgIpc) is 3.48. The van der Waals surface area contributed by atoms with E-state index < -0.39 is 12.1 Å². The molecule has 154 valence electrons. The van der Waals surface area contributed by atoms with Gasteiger partial charge in [-0.05, 0) is 12.1 Å². The Bertz CT molecular complexity index is 1230. The molecule has 1 saturated heterocycles. The number of ether oxygens (including phenoxy) is 1. The molecule has 11 nitrogen and oxygen atoms in total. The molecule has 0 aliphatic carbocycles. The zero-order chi connectivity index (χ0) is 20.7. The van der Waals surface area contributed by atoms with Gasteiger partial charge in [0.1, 0.15) is 17.2 Å². The van der Waals surface area contributed by atoms with Crippen LogP contribution in [-0.2, 0) is 4.74 Å². The van der Waals surface area contributed by atoms with Crippen molar-refractivity contribution >= 4 is 34.5 Å². The smallest absolute Gasteiger partial charge is 0.257 e. The van der Waals surface area contributed by atoms with Gasteiger partial charge in [0.05, 0.1) is 37.2 Å². The average molecular weight is 408 g/mol. The van der Waals surface area contributed by atoms with Crippen molar-refractivity contribution in [1.82, 2.24) is 29.3 Å². The Labute approximate surface area is 170 Å². The summed E-state index contributed by atoms with van der Waals surface area (Å²) < 4.78 is 8.65. The minimum atomic E-state index is -0.733. The summed E-state index contributed by atoms with van der Waals surface area (Å²) in [6.45, 7) is 0.470. The SMILES string of the molecule is CNc1cc(Nc2cccn3ccnc23)nc2c(C(=O)N[C@@H]3COC[C@@H]3O)cnn12. The van der Waals surface area contributed by atoms with Crippen LogP contribution in [0.1, 0.15) is 10.4 Å². The lowest BCUT2D eigenvalue weighted by Crippen LogP contribution is -2.42. The van der Waals surface area contributed by atoms with Crippen LogP contribution in [0.25, 0.3) is 11.3 Å². The largest absolute Gasteiger partial charge is 0.388 e. The number of nitrogens with zero attached hydrogens (tertiary/aromatic N) is 5. The molecule has 5 heterocycles. The van der Waals surface area contributed by atoms with Gasteiger partial charge < -0.3 is 30.2 Å². The first-order chi connectivity index (χ1) is 14.6. The van der Waals surface area contributed by atoms with Gasteiger partial charge in [-0.3, -0.25) is 4.79 Å². The van der Waals surface area contributed by atoms with Gasteiger partial charge in [-0.1, -0.05) is 0 Å². The van der Waals surface area contributed by atoms with Crippen molar-refractivity contribution in [1.29, 1.82) is 0 Å². The number of hydrogen-bond acceptors (Lipinski definition) is 8. The lowest BCUT2D eigenvalue weighted by Gasteiger charge is -2.14. The fraction of sp³-hybridized carbons (Fsp3) is 0.263. The second-order valence-corrected chi connectivity index (χ2v) is 6.96. The number of aliphatic hydroxyl groups excluding tert-OH is 1. The Hall–Kier alpha value is -3.70. The highest BCUT2D eigenvalue weighted by atomic mass is 16.5. The third-order valence-electron chi connectivity index (χ3n) is 5.02. The van der Waals surface area contributed by atoms with Crippen LogP contribution in [0.3, 0.4) is 0 Å². The number of aromatic nitrogens is 5. The van der Waals surface area contributed by atoms with E-state index in [1.165, 1.54) is 6.20 Å². The number of anilines is 3. The lowest BCUT2D eigenvalue weighted by molar-refractivity contribution is 0.0888. The van der Waals surface area contributed by atoms with E-state index in [1.54, 1.807) is 23.8 Å². The van der Waals surface area contributed by atoms with Crippen LogP contribution in [0.4, 0.5) is 17.3 Å². The van der Waals surface area contributed by atoms with Crippen molar-refractivity contribution in [3.05, 3.63) is 48.5 Å². The fourth-order valence-electron chi connectivity index (χ4n) is 3.48. The molecule has 1 amide bonds. The van der Waals surface area contributed by atoms with Gasteiger partial charge in [-0.15, -0.1) is 0 Å². The van der Waals surface area contributed by atoms with Crippen LogP contribution < -0.4 is 16.0 Å². The van der Waals surface area contributed by atoms with Crippen molar-refractivity contribution in [3.63, 3.8) is 0 Å². The van der Waals surface area contributed by atoms with Crippen molar-refractivity contribution < 1.29 is 14.6 Å². The number of fused-ring (bicyclic) bond motifs is 2. The molecule has 1 aliphatic heterocycles. The topological polar surface area (TPSA) is 130 Å². The molecule has 4 aromatic rings. The van der Waals surface area contributed by atoms with Gasteiger partial charge in [0.2, 0.25) is 0 Å². The molecule has 5 rings (SSSR count). The second-order valence-electron chi connectivity index (χ2n) is 6.96. The molecule has 0 radical (unpaired) electrons. The first kappa shape index (κ1) is 18.3. The van der Waals surface area contributed by atoms with Gasteiger partial charge >= 0.3 is 0 Å². The molecular formula is C19H20N8O3. The number of aliphatic hydroxyl groups is 1. The first-order valence-corrected chi connectivity index (χ1v) is 9.46. The van der Waals surface area contributed by atoms with Gasteiger partial charge in [-0.2, -0.15) is 9.61 Å². The summed E-state index contributed by atoms with van der Waals surface area (Å²) in [6.07, 6.45) is 6.21. The Kier molecular flexibility index (Phi) is 4.45. The molecule has 30 heavy (non-hydrogen) atoms. The number of imidazole rings is 1. The van der Waals surface area contributed by atoms with Gasteiger partial charge in [0.15, 0.2) is 11.3 Å². The summed E-state index contributed by atoms with van der Waals surface area (Å²) in [5.41, 5.74) is 2.21. The van der Waals surface area contributed by atoms with Crippen molar-refractivity contribution in [2.45, 2.75) is 12.1 Å². The molecule has 1 fully saturated rings. The molecule has 0 unspecified atom stereocenters. The third-order valence-corrected chi connectivity index (χ3v) is 5.02. The van der Waals surface area contributed by atoms with Crippen molar-refractivity contribution in [2.75, 3.05) is 30.9 Å². The maximum Gasteiger partial charge on any atom is 0.257 e. The molecule has 2 atom stereocenters. The third kappa shape index (κ3) is 3.09. The molecule has 0 spiro atoms. The summed E-state index contributed by atoms with van der Waals surface area (Å²) in [4.78, 5) is 21.8. The maximum absolute atomic E-state index is 12.8. The lowest BCUT2D eigenvalue weighted by atomic mass is 10.2. The number of hydrogen-bond donors (Lipinski definition) is 4. The number of nitrogens with one attached hydrogen (secondary N) is 3. The van der Waals surface area contributed by atoms with Crippen LogP contribution in [0.2, 0.25) is 0 Å². The molecular weight excluding hydrogens is 388 g/mol. The Morgan fingerprint density at radius 2 is 2.20 bits per heavy atom. The van der Waals surface area contributed by atoms with E-state index in [0.29, 0.717) is 22.8 Å². The summed E-state index contributed by atoms with van der Waals surface area (Å²) in [7, 11) is 1.77. The molecule has 0 saturated carbocycles. The molecule has 4 aromatic heterocycles. The predicted molar refractivity (Wildman–Crippen MR) is 109 cm³/mol. The van der Waals surface area contributed by atoms with E-state index in [2.05, 4.69) is 31.0 Å². The number of pyridine rings is 1. The van der Waals surface area contributed by atoms with E-state index in [1.807, 2.05) is 28.9 Å². The highest BCUT2D eigenvalue weighted by Gasteiger charge is 2.29. The quantitative estimate of drug-likeness (QED) is 0.379. The van der Waals surface area contributed by atoms with Crippen LogP contribution >= 0.6 is 0 Å². The predicted octanol–water partition coefficient (Wildman–Crippen LogP) is 0.652. The molecule has 0 bridgehead atoms. The number of carbonyl (C=O) groups excluding carboxylic acids is 1. The molecule has 0 aromatic carbocycles. The second kappa shape index (κ2) is 7.28. The minimum Gasteiger partial charge on any atom is -0.388 e. The molecule has 4 N–H and O–H groups in total. The Balaban J connectivity index is 1.51. The Morgan fingerprint density at radius 3 is 3.00 bits per heavy atom. The van der Waals surface area contributed by atoms with Gasteiger partial charge in [-0.25, -0.2) is 9.97 Å². The van der Waals surface area contributed by atoms with Crippen LogP contribution in [0, 0.1) is 0 Å². The molecule has 11 heteroatoms. The molecule has 1 aliphatic rings. The van der Waals surface area contributed by atoms with E-state index in [-0.39, 0.29) is 19.1 Å². The zero-order valence-electron chi connectivity index (χ0n) is 16.1. The van der Waals surface area contributed by atoms with Gasteiger partial charge in [0.25, 0.3) is 5.91 Å². The van der Waals surface area contributed by atoms with Gasteiger partial charge in [0, 0.05) is 31.7 Å². The van der Waals surface area contributed by atoms with E-state index in [4.69, 9.17) is 4.74 Å². The van der Waals surface area contributed by atoms with E-state index in [0.717, 1.165) is 11.3 Å². The standard InChI is InChI=1S/C19H20N8O3/c1-20-16-7-15(23-12-3-2-5-26-6-4-21-18(12)26)25-17-11(8-22-27(16)17)19(29)24-13-9-30-10-14(13)28/h2-8,13-14,20,28H,9-10H2,1H3,(H,23,25)(H,24,29)/t13-,14+/m1/s1. The maximum atomic E-state index is 12.8. The Morgan fingerprint density at radius 1 is 1.30 bits per heavy atom. The van der Waals surface area contributed by atoms with Crippen LogP contribution in [-0.4, -0.2) is 67.4 Å². The number of rotatable bonds is 5. The summed E-state index contributed by atoms with van der Waals surface area (Å²) in [5.74, 6) is 0.810. The normalized spacial score (nSPS) is 18.7. The highest BCUT2D eigenvalue weighted by Crippen LogP contribution is 2.24. The van der Waals surface area contributed by atoms with Crippen LogP contribution in [0.15, 0.2) is 43.0 Å². The zero-order valence-corrected chi connectivity index (χ0v) is 16.1. The number of carbonyl (C=O) groups is 1. The summed E-state index contributed by atoms with van der Waals surface area (Å²) in [6, 6.07) is 5.14. The van der Waals surface area contributed by atoms with E-state index in [9.17, 15) is 9.90 Å². The van der Waals surface area contributed by atoms with Crippen molar-refractivity contribution in [3.8, 4) is 0 Å². The first-order valence-electron chi connectivity index (χ1n) is 9.46. The summed E-state index contributed by atoms with van der Waals surface area (Å²) in [5, 5.41) is 23.3. The van der Waals surface area contributed by atoms with E-state index >= 15 is 0 Å². The van der Waals surface area contributed by atoms with Crippen molar-refractivity contribution in [2.24, 2.45) is 0 Å². The highest BCUT2D eigenvalue weighted by molar-refractivity contribution is 6.00. The summed E-state index contributed by atoms with van der Waals surface area (Å²) >= 11 is 0. The fourth-order valence-corrected chi connectivity index (χ4v) is 3.48. The monoisotopic (exact) mass is 408 g/mol. The van der Waals surface area contributed by atoms with Crippen LogP contribution in [0.5, 0.6) is 0 Å².